The summed E-state index contributed by atoms with van der Waals surface area (Å²) in [5.74, 6) is 0. The first-order chi connectivity index (χ1) is 5.06. The van der Waals surface area contributed by atoms with Crippen LogP contribution < -0.4 is 0 Å². The van der Waals surface area contributed by atoms with Gasteiger partial charge in [-0.15, -0.1) is 0 Å². The van der Waals surface area contributed by atoms with Gasteiger partial charge in [-0.05, 0) is 6.42 Å². The Hall–Kier alpha value is -0.120. The van der Waals surface area contributed by atoms with Crippen molar-refractivity contribution in [3.05, 3.63) is 10.1 Å². The second-order valence-electron chi connectivity index (χ2n) is 2.63. The molecule has 66 valence electrons. The highest BCUT2D eigenvalue weighted by Crippen LogP contribution is 2.28. The molecule has 0 aliphatic carbocycles. The first-order valence-electron chi connectivity index (χ1n) is 3.90. The molecule has 0 aliphatic rings. The maximum absolute atomic E-state index is 10.5. The zero-order chi connectivity index (χ0) is 8.91. The van der Waals surface area contributed by atoms with E-state index >= 15 is 0 Å². The molecule has 0 saturated carbocycles. The van der Waals surface area contributed by atoms with E-state index in [9.17, 15) is 10.1 Å². The molecule has 11 heavy (non-hydrogen) atoms. The van der Waals surface area contributed by atoms with Gasteiger partial charge >= 0.3 is 0 Å². The normalized spacial score (nSPS) is 15.9. The average Bonchev–Trinajstić information content (AvgIpc) is 2.00. The number of alkyl halides is 1. The van der Waals surface area contributed by atoms with Crippen molar-refractivity contribution in [2.45, 2.75) is 44.0 Å². The number of hydrogen-bond acceptors (Lipinski definition) is 2. The van der Waals surface area contributed by atoms with E-state index in [1.54, 1.807) is 0 Å². The number of nitrogens with zero attached hydrogens (tertiary/aromatic N) is 1. The van der Waals surface area contributed by atoms with Gasteiger partial charge < -0.3 is 0 Å². The van der Waals surface area contributed by atoms with E-state index in [1.165, 1.54) is 0 Å². The molecule has 1 atom stereocenters. The second-order valence-corrected chi connectivity index (χ2v) is 4.11. The summed E-state index contributed by atoms with van der Waals surface area (Å²) in [5.41, 5.74) is 0. The lowest BCUT2D eigenvalue weighted by atomic mass is 10.1. The SMILES string of the molecule is CCCCC(Br)(CC)[N+](=O)[O-]. The average molecular weight is 224 g/mol. The van der Waals surface area contributed by atoms with Gasteiger partial charge in [0.15, 0.2) is 0 Å². The van der Waals surface area contributed by atoms with Crippen LogP contribution in [0.25, 0.3) is 0 Å². The monoisotopic (exact) mass is 223 g/mol. The van der Waals surface area contributed by atoms with Crippen molar-refractivity contribution in [3.63, 3.8) is 0 Å². The van der Waals surface area contributed by atoms with Crippen LogP contribution in [0.5, 0.6) is 0 Å². The highest BCUT2D eigenvalue weighted by Gasteiger charge is 2.36. The highest BCUT2D eigenvalue weighted by molar-refractivity contribution is 9.10. The van der Waals surface area contributed by atoms with Gasteiger partial charge in [0.1, 0.15) is 0 Å². The number of rotatable bonds is 5. The standard InChI is InChI=1S/C7H14BrNO2/c1-3-5-6-7(8,4-2)9(10)11/h3-6H2,1-2H3. The van der Waals surface area contributed by atoms with Crippen molar-refractivity contribution in [2.24, 2.45) is 0 Å². The lowest BCUT2D eigenvalue weighted by Crippen LogP contribution is -2.30. The largest absolute Gasteiger partial charge is 0.274 e. The number of halogens is 1. The Morgan fingerprint density at radius 1 is 1.55 bits per heavy atom. The third-order valence-electron chi connectivity index (χ3n) is 1.78. The van der Waals surface area contributed by atoms with E-state index in [2.05, 4.69) is 15.9 Å². The molecule has 0 saturated heterocycles. The van der Waals surface area contributed by atoms with E-state index in [4.69, 9.17) is 0 Å². The van der Waals surface area contributed by atoms with Crippen LogP contribution in [0.15, 0.2) is 0 Å². The van der Waals surface area contributed by atoms with Gasteiger partial charge in [-0.2, -0.15) is 0 Å². The van der Waals surface area contributed by atoms with Gasteiger partial charge in [-0.3, -0.25) is 10.1 Å². The molecule has 0 aromatic heterocycles. The molecule has 0 aliphatic heterocycles. The predicted octanol–water partition coefficient (Wildman–Crippen LogP) is 2.95. The molecule has 0 aromatic rings. The fourth-order valence-corrected chi connectivity index (χ4v) is 1.13. The summed E-state index contributed by atoms with van der Waals surface area (Å²) in [4.78, 5) is 10.3. The van der Waals surface area contributed by atoms with Crippen LogP contribution in [-0.2, 0) is 0 Å². The van der Waals surface area contributed by atoms with E-state index in [-0.39, 0.29) is 4.92 Å². The van der Waals surface area contributed by atoms with Gasteiger partial charge in [0.05, 0.1) is 0 Å². The highest BCUT2D eigenvalue weighted by atomic mass is 79.9. The van der Waals surface area contributed by atoms with Crippen molar-refractivity contribution < 1.29 is 4.92 Å². The molecule has 3 nitrogen and oxygen atoms in total. The Morgan fingerprint density at radius 2 is 2.09 bits per heavy atom. The third kappa shape index (κ3) is 3.18. The number of nitro groups is 1. The lowest BCUT2D eigenvalue weighted by Gasteiger charge is -2.15. The van der Waals surface area contributed by atoms with Crippen molar-refractivity contribution >= 4 is 15.9 Å². The van der Waals surface area contributed by atoms with Crippen molar-refractivity contribution in [2.75, 3.05) is 0 Å². The van der Waals surface area contributed by atoms with Gasteiger partial charge in [0.25, 0.3) is 4.45 Å². The van der Waals surface area contributed by atoms with Gasteiger partial charge in [-0.25, -0.2) is 0 Å². The molecular formula is C7H14BrNO2. The Bertz CT molecular complexity index is 140. The van der Waals surface area contributed by atoms with E-state index in [0.29, 0.717) is 12.8 Å². The molecule has 0 fully saturated rings. The summed E-state index contributed by atoms with van der Waals surface area (Å²) in [5, 5.41) is 10.5. The first kappa shape index (κ1) is 10.9. The molecule has 0 radical (unpaired) electrons. The van der Waals surface area contributed by atoms with Crippen LogP contribution in [0.2, 0.25) is 0 Å². The van der Waals surface area contributed by atoms with E-state index in [1.807, 2.05) is 13.8 Å². The fraction of sp³-hybridized carbons (Fsp3) is 1.00. The van der Waals surface area contributed by atoms with Crippen LogP contribution >= 0.6 is 15.9 Å². The number of hydrogen-bond donors (Lipinski definition) is 0. The maximum Gasteiger partial charge on any atom is 0.274 e. The molecule has 0 spiro atoms. The predicted molar refractivity (Wildman–Crippen MR) is 48.5 cm³/mol. The molecule has 4 heteroatoms. The molecule has 0 rings (SSSR count). The summed E-state index contributed by atoms with van der Waals surface area (Å²) in [6.45, 7) is 3.86. The number of unbranched alkanes of at least 4 members (excludes halogenated alkanes) is 1. The first-order valence-corrected chi connectivity index (χ1v) is 4.69. The fourth-order valence-electron chi connectivity index (χ4n) is 0.845. The summed E-state index contributed by atoms with van der Waals surface area (Å²) in [7, 11) is 0. The van der Waals surface area contributed by atoms with Crippen molar-refractivity contribution in [3.8, 4) is 0 Å². The Balaban J connectivity index is 3.99. The third-order valence-corrected chi connectivity index (χ3v) is 3.03. The summed E-state index contributed by atoms with van der Waals surface area (Å²) >= 11 is 3.15. The zero-order valence-corrected chi connectivity index (χ0v) is 8.56. The zero-order valence-electron chi connectivity index (χ0n) is 6.97. The van der Waals surface area contributed by atoms with Gasteiger partial charge in [0.2, 0.25) is 0 Å². The Morgan fingerprint density at radius 3 is 2.36 bits per heavy atom. The molecule has 0 heterocycles. The molecule has 0 aromatic carbocycles. The van der Waals surface area contributed by atoms with E-state index < -0.39 is 4.45 Å². The minimum absolute atomic E-state index is 0.233. The van der Waals surface area contributed by atoms with Crippen LogP contribution in [-0.4, -0.2) is 9.37 Å². The Kier molecular flexibility index (Phi) is 4.65. The van der Waals surface area contributed by atoms with Gasteiger partial charge in [-0.1, -0.05) is 20.3 Å². The van der Waals surface area contributed by atoms with Gasteiger partial charge in [0, 0.05) is 33.7 Å². The minimum atomic E-state index is -0.872. The van der Waals surface area contributed by atoms with Crippen LogP contribution in [0.1, 0.15) is 39.5 Å². The second kappa shape index (κ2) is 4.70. The molecule has 1 unspecified atom stereocenters. The molecule has 0 amide bonds. The quantitative estimate of drug-likeness (QED) is 0.312. The molecular weight excluding hydrogens is 210 g/mol. The summed E-state index contributed by atoms with van der Waals surface area (Å²) in [6.07, 6.45) is 3.06. The maximum atomic E-state index is 10.5. The smallest absolute Gasteiger partial charge is 0.263 e. The molecule has 0 N–H and O–H groups in total. The lowest BCUT2D eigenvalue weighted by molar-refractivity contribution is -0.537. The van der Waals surface area contributed by atoms with Crippen LogP contribution in [0.4, 0.5) is 0 Å². The summed E-state index contributed by atoms with van der Waals surface area (Å²) in [6, 6.07) is 0. The van der Waals surface area contributed by atoms with E-state index in [0.717, 1.165) is 12.8 Å². The van der Waals surface area contributed by atoms with Crippen LogP contribution in [0, 0.1) is 10.1 Å². The molecule has 0 bridgehead atoms. The van der Waals surface area contributed by atoms with Crippen LogP contribution in [0.3, 0.4) is 0 Å². The Labute approximate surface area is 75.4 Å². The topological polar surface area (TPSA) is 43.1 Å². The summed E-state index contributed by atoms with van der Waals surface area (Å²) < 4.78 is -0.872. The van der Waals surface area contributed by atoms with Crippen molar-refractivity contribution in [1.29, 1.82) is 0 Å². The van der Waals surface area contributed by atoms with Crippen molar-refractivity contribution in [1.82, 2.24) is 0 Å². The minimum Gasteiger partial charge on any atom is -0.263 e.